The summed E-state index contributed by atoms with van der Waals surface area (Å²) in [5.41, 5.74) is 6.58. The van der Waals surface area contributed by atoms with Crippen molar-refractivity contribution in [3.63, 3.8) is 0 Å². The van der Waals surface area contributed by atoms with Crippen LogP contribution in [0.15, 0.2) is 29.2 Å². The summed E-state index contributed by atoms with van der Waals surface area (Å²) in [6.07, 6.45) is 2.97. The number of nitrogens with one attached hydrogen (secondary N) is 1. The summed E-state index contributed by atoms with van der Waals surface area (Å²) in [7, 11) is -3.40. The number of sulfonamides is 1. The van der Waals surface area contributed by atoms with Gasteiger partial charge in [0.05, 0.1) is 4.90 Å². The number of nitrogens with two attached hydrogens (primary N) is 1. The van der Waals surface area contributed by atoms with E-state index in [0.717, 1.165) is 24.8 Å². The predicted molar refractivity (Wildman–Crippen MR) is 73.8 cm³/mol. The Morgan fingerprint density at radius 2 is 2.06 bits per heavy atom. The number of rotatable bonds is 7. The molecule has 1 unspecified atom stereocenters. The zero-order chi connectivity index (χ0) is 13.6. The van der Waals surface area contributed by atoms with E-state index >= 15 is 0 Å². The van der Waals surface area contributed by atoms with Crippen LogP contribution < -0.4 is 10.5 Å². The van der Waals surface area contributed by atoms with Gasteiger partial charge >= 0.3 is 0 Å². The van der Waals surface area contributed by atoms with Gasteiger partial charge in [-0.15, -0.1) is 0 Å². The first-order valence-corrected chi connectivity index (χ1v) is 7.81. The molecule has 0 aliphatic rings. The van der Waals surface area contributed by atoms with Crippen molar-refractivity contribution in [1.82, 2.24) is 4.72 Å². The lowest BCUT2D eigenvalue weighted by atomic mass is 10.1. The highest BCUT2D eigenvalue weighted by Gasteiger charge is 2.14. The minimum Gasteiger partial charge on any atom is -0.324 e. The maximum atomic E-state index is 12.0. The van der Waals surface area contributed by atoms with Crippen molar-refractivity contribution < 1.29 is 8.42 Å². The Bertz CT molecular complexity index is 470. The maximum absolute atomic E-state index is 12.0. The highest BCUT2D eigenvalue weighted by Crippen LogP contribution is 2.15. The Morgan fingerprint density at radius 1 is 1.33 bits per heavy atom. The average Bonchev–Trinajstić information content (AvgIpc) is 2.35. The van der Waals surface area contributed by atoms with Crippen molar-refractivity contribution in [3.05, 3.63) is 29.8 Å². The zero-order valence-corrected chi connectivity index (χ0v) is 11.8. The van der Waals surface area contributed by atoms with Gasteiger partial charge in [-0.1, -0.05) is 31.9 Å². The highest BCUT2D eigenvalue weighted by atomic mass is 32.2. The summed E-state index contributed by atoms with van der Waals surface area (Å²) in [4.78, 5) is 0.286. The molecule has 4 nitrogen and oxygen atoms in total. The molecule has 0 aliphatic heterocycles. The largest absolute Gasteiger partial charge is 0.324 e. The molecule has 18 heavy (non-hydrogen) atoms. The fourth-order valence-corrected chi connectivity index (χ4v) is 2.76. The second-order valence-corrected chi connectivity index (χ2v) is 6.23. The SMILES string of the molecule is CCCCCNS(=O)(=O)c1cccc(C(C)N)c1. The molecule has 1 aromatic rings. The van der Waals surface area contributed by atoms with Crippen LogP contribution in [0.4, 0.5) is 0 Å². The Balaban J connectivity index is 2.75. The fourth-order valence-electron chi connectivity index (χ4n) is 1.63. The molecule has 1 atom stereocenters. The van der Waals surface area contributed by atoms with Crippen molar-refractivity contribution >= 4 is 10.0 Å². The van der Waals surface area contributed by atoms with Crippen LogP contribution >= 0.6 is 0 Å². The minimum absolute atomic E-state index is 0.166. The molecular formula is C13H22N2O2S. The molecule has 0 spiro atoms. The first kappa shape index (κ1) is 15.1. The molecule has 0 bridgehead atoms. The minimum atomic E-state index is -3.40. The van der Waals surface area contributed by atoms with E-state index in [2.05, 4.69) is 11.6 Å². The second-order valence-electron chi connectivity index (χ2n) is 4.47. The van der Waals surface area contributed by atoms with Gasteiger partial charge in [-0.3, -0.25) is 0 Å². The molecule has 1 aromatic carbocycles. The number of hydrogen-bond donors (Lipinski definition) is 2. The van der Waals surface area contributed by atoms with Crippen LogP contribution in [0.2, 0.25) is 0 Å². The number of unbranched alkanes of at least 4 members (excludes halogenated alkanes) is 2. The first-order chi connectivity index (χ1) is 8.47. The molecule has 0 aromatic heterocycles. The van der Waals surface area contributed by atoms with Gasteiger partial charge < -0.3 is 5.73 Å². The van der Waals surface area contributed by atoms with E-state index < -0.39 is 10.0 Å². The van der Waals surface area contributed by atoms with Crippen LogP contribution in [0, 0.1) is 0 Å². The summed E-state index contributed by atoms with van der Waals surface area (Å²) in [6, 6.07) is 6.61. The summed E-state index contributed by atoms with van der Waals surface area (Å²) in [6.45, 7) is 4.40. The Labute approximate surface area is 110 Å². The third-order valence-electron chi connectivity index (χ3n) is 2.77. The van der Waals surface area contributed by atoms with E-state index in [-0.39, 0.29) is 10.9 Å². The van der Waals surface area contributed by atoms with Gasteiger partial charge in [-0.05, 0) is 31.0 Å². The van der Waals surface area contributed by atoms with Crippen molar-refractivity contribution in [2.24, 2.45) is 5.73 Å². The van der Waals surface area contributed by atoms with E-state index in [1.54, 1.807) is 18.2 Å². The van der Waals surface area contributed by atoms with Crippen LogP contribution in [0.1, 0.15) is 44.7 Å². The average molecular weight is 270 g/mol. The fraction of sp³-hybridized carbons (Fsp3) is 0.538. The quantitative estimate of drug-likeness (QED) is 0.746. The molecule has 0 amide bonds. The van der Waals surface area contributed by atoms with Gasteiger partial charge in [0.25, 0.3) is 0 Å². The standard InChI is InChI=1S/C13H22N2O2S/c1-3-4-5-9-15-18(16,17)13-8-6-7-12(10-13)11(2)14/h6-8,10-11,15H,3-5,9,14H2,1-2H3. The highest BCUT2D eigenvalue weighted by molar-refractivity contribution is 7.89. The topological polar surface area (TPSA) is 72.2 Å². The summed E-state index contributed by atoms with van der Waals surface area (Å²) in [5, 5.41) is 0. The van der Waals surface area contributed by atoms with Crippen LogP contribution in [-0.2, 0) is 10.0 Å². The van der Waals surface area contributed by atoms with Crippen LogP contribution in [0.3, 0.4) is 0 Å². The molecule has 5 heteroatoms. The molecule has 0 radical (unpaired) electrons. The second kappa shape index (κ2) is 6.87. The Kier molecular flexibility index (Phi) is 5.78. The summed E-state index contributed by atoms with van der Waals surface area (Å²) in [5.74, 6) is 0. The van der Waals surface area contributed by atoms with E-state index in [0.29, 0.717) is 6.54 Å². The van der Waals surface area contributed by atoms with Crippen molar-refractivity contribution in [1.29, 1.82) is 0 Å². The van der Waals surface area contributed by atoms with E-state index in [4.69, 9.17) is 5.73 Å². The predicted octanol–water partition coefficient (Wildman–Crippen LogP) is 2.17. The lowest BCUT2D eigenvalue weighted by molar-refractivity contribution is 0.575. The number of benzene rings is 1. The Hall–Kier alpha value is -0.910. The third-order valence-corrected chi connectivity index (χ3v) is 4.23. The van der Waals surface area contributed by atoms with E-state index in [1.165, 1.54) is 0 Å². The van der Waals surface area contributed by atoms with Crippen LogP contribution in [-0.4, -0.2) is 15.0 Å². The normalized spacial score (nSPS) is 13.5. The van der Waals surface area contributed by atoms with Crippen molar-refractivity contribution in [2.45, 2.75) is 44.0 Å². The maximum Gasteiger partial charge on any atom is 0.240 e. The molecule has 1 rings (SSSR count). The van der Waals surface area contributed by atoms with Crippen molar-refractivity contribution in [3.8, 4) is 0 Å². The molecular weight excluding hydrogens is 248 g/mol. The molecule has 3 N–H and O–H groups in total. The lowest BCUT2D eigenvalue weighted by Gasteiger charge is -2.10. The molecule has 0 aliphatic carbocycles. The van der Waals surface area contributed by atoms with Crippen LogP contribution in [0.5, 0.6) is 0 Å². The third kappa shape index (κ3) is 4.40. The van der Waals surface area contributed by atoms with Gasteiger partial charge in [0.1, 0.15) is 0 Å². The smallest absolute Gasteiger partial charge is 0.240 e. The zero-order valence-electron chi connectivity index (χ0n) is 11.0. The Morgan fingerprint density at radius 3 is 2.67 bits per heavy atom. The van der Waals surface area contributed by atoms with Crippen LogP contribution in [0.25, 0.3) is 0 Å². The monoisotopic (exact) mass is 270 g/mol. The molecule has 0 saturated carbocycles. The molecule has 102 valence electrons. The van der Waals surface area contributed by atoms with Gasteiger partial charge in [-0.25, -0.2) is 13.1 Å². The van der Waals surface area contributed by atoms with E-state index in [1.807, 2.05) is 13.0 Å². The molecule has 0 fully saturated rings. The van der Waals surface area contributed by atoms with Gasteiger partial charge in [0.2, 0.25) is 10.0 Å². The summed E-state index contributed by atoms with van der Waals surface area (Å²) >= 11 is 0. The molecule has 0 heterocycles. The van der Waals surface area contributed by atoms with Gasteiger partial charge in [-0.2, -0.15) is 0 Å². The summed E-state index contributed by atoms with van der Waals surface area (Å²) < 4.78 is 26.6. The first-order valence-electron chi connectivity index (χ1n) is 6.32. The van der Waals surface area contributed by atoms with Crippen molar-refractivity contribution in [2.75, 3.05) is 6.54 Å². The number of hydrogen-bond acceptors (Lipinski definition) is 3. The van der Waals surface area contributed by atoms with Gasteiger partial charge in [0, 0.05) is 12.6 Å². The van der Waals surface area contributed by atoms with E-state index in [9.17, 15) is 8.42 Å². The van der Waals surface area contributed by atoms with Gasteiger partial charge in [0.15, 0.2) is 0 Å². The molecule has 0 saturated heterocycles. The lowest BCUT2D eigenvalue weighted by Crippen LogP contribution is -2.25.